The number of aliphatic carboxylic acids is 1. The number of ether oxygens (including phenoxy) is 1. The Hall–Kier alpha value is -2.76. The highest BCUT2D eigenvalue weighted by Gasteiger charge is 2.32. The van der Waals surface area contributed by atoms with Gasteiger partial charge in [-0.25, -0.2) is 4.79 Å². The summed E-state index contributed by atoms with van der Waals surface area (Å²) in [6.45, 7) is 10.5. The maximum Gasteiger partial charge on any atom is 0.573 e. The third-order valence-corrected chi connectivity index (χ3v) is 4.64. The van der Waals surface area contributed by atoms with E-state index in [1.54, 1.807) is 46.8 Å². The van der Waals surface area contributed by atoms with Crippen molar-refractivity contribution in [1.82, 2.24) is 0 Å². The molecule has 0 spiro atoms. The van der Waals surface area contributed by atoms with Crippen molar-refractivity contribution in [2.24, 2.45) is 0 Å². The van der Waals surface area contributed by atoms with E-state index >= 15 is 0 Å². The van der Waals surface area contributed by atoms with Crippen molar-refractivity contribution in [2.75, 3.05) is 0 Å². The molecule has 0 aliphatic rings. The van der Waals surface area contributed by atoms with Crippen LogP contribution in [0.1, 0.15) is 49.4 Å². The number of hydrogen-bond acceptors (Lipinski definition) is 2. The van der Waals surface area contributed by atoms with Gasteiger partial charge in [-0.3, -0.25) is 0 Å². The summed E-state index contributed by atoms with van der Waals surface area (Å²) in [5.41, 5.74) is 4.65. The molecule has 0 radical (unpaired) electrons. The average molecular weight is 408 g/mol. The molecule has 1 aromatic carbocycles. The molecule has 0 bridgehead atoms. The van der Waals surface area contributed by atoms with E-state index in [-0.39, 0.29) is 5.75 Å². The maximum absolute atomic E-state index is 12.5. The summed E-state index contributed by atoms with van der Waals surface area (Å²) in [7, 11) is 0. The Morgan fingerprint density at radius 2 is 1.76 bits per heavy atom. The molecule has 158 valence electrons. The molecule has 1 rings (SSSR count). The Morgan fingerprint density at radius 3 is 2.28 bits per heavy atom. The second kappa shape index (κ2) is 10.1. The molecule has 0 heterocycles. The van der Waals surface area contributed by atoms with Gasteiger partial charge in [0.2, 0.25) is 0 Å². The minimum atomic E-state index is -4.72. The van der Waals surface area contributed by atoms with Crippen molar-refractivity contribution in [2.45, 2.75) is 54.3 Å². The van der Waals surface area contributed by atoms with Crippen LogP contribution in [0.5, 0.6) is 5.75 Å². The fourth-order valence-electron chi connectivity index (χ4n) is 2.87. The molecule has 0 aliphatic heterocycles. The number of halogens is 3. The maximum atomic E-state index is 12.5. The molecule has 1 aromatic rings. The van der Waals surface area contributed by atoms with Gasteiger partial charge >= 0.3 is 12.3 Å². The van der Waals surface area contributed by atoms with E-state index in [0.717, 1.165) is 16.7 Å². The first-order chi connectivity index (χ1) is 13.4. The minimum absolute atomic E-state index is 0.188. The van der Waals surface area contributed by atoms with Crippen LogP contribution in [0.25, 0.3) is 6.08 Å². The number of aryl methyl sites for hydroxylation is 1. The normalized spacial score (nSPS) is 13.9. The van der Waals surface area contributed by atoms with Gasteiger partial charge in [0, 0.05) is 5.57 Å². The number of rotatable bonds is 7. The van der Waals surface area contributed by atoms with Gasteiger partial charge in [0.1, 0.15) is 5.75 Å². The van der Waals surface area contributed by atoms with E-state index in [1.807, 2.05) is 25.2 Å². The fraction of sp³-hybridized carbons (Fsp3) is 0.348. The number of allylic oxidation sites excluding steroid dienone is 6. The lowest BCUT2D eigenvalue weighted by molar-refractivity contribution is -0.274. The van der Waals surface area contributed by atoms with Gasteiger partial charge in [0.15, 0.2) is 0 Å². The van der Waals surface area contributed by atoms with Crippen LogP contribution in [-0.2, 0) is 4.79 Å². The summed E-state index contributed by atoms with van der Waals surface area (Å²) in [5.74, 6) is -1.11. The first kappa shape index (κ1) is 24.3. The number of carboxylic acids is 1. The van der Waals surface area contributed by atoms with Crippen LogP contribution in [-0.4, -0.2) is 17.4 Å². The summed E-state index contributed by atoms with van der Waals surface area (Å²) < 4.78 is 41.7. The molecule has 0 saturated carbocycles. The monoisotopic (exact) mass is 408 g/mol. The molecule has 0 saturated heterocycles. The van der Waals surface area contributed by atoms with Crippen LogP contribution in [0, 0.1) is 20.8 Å². The number of carboxylic acid groups (broad SMARTS) is 1. The van der Waals surface area contributed by atoms with Gasteiger partial charge in [-0.15, -0.1) is 13.2 Å². The van der Waals surface area contributed by atoms with Gasteiger partial charge in [-0.1, -0.05) is 42.9 Å². The van der Waals surface area contributed by atoms with Crippen molar-refractivity contribution < 1.29 is 27.8 Å². The molecule has 0 aliphatic carbocycles. The van der Waals surface area contributed by atoms with E-state index in [0.29, 0.717) is 28.7 Å². The number of carbonyl (C=O) groups is 1. The summed E-state index contributed by atoms with van der Waals surface area (Å²) in [4.78, 5) is 11.1. The highest BCUT2D eigenvalue weighted by Crippen LogP contribution is 2.32. The summed E-state index contributed by atoms with van der Waals surface area (Å²) in [6, 6.07) is 1.39. The van der Waals surface area contributed by atoms with E-state index in [4.69, 9.17) is 5.11 Å². The van der Waals surface area contributed by atoms with Gasteiger partial charge in [-0.2, -0.15) is 0 Å². The Morgan fingerprint density at radius 1 is 1.14 bits per heavy atom. The van der Waals surface area contributed by atoms with Crippen LogP contribution in [0.3, 0.4) is 0 Å². The SMILES string of the molecule is CCC(C(=O)O)=C(C)C=CC=C(C)C=Cc1c(C)cc(OC(F)(F)F)c(C)c1C. The molecule has 0 fully saturated rings. The zero-order chi connectivity index (χ0) is 22.4. The highest BCUT2D eigenvalue weighted by atomic mass is 19.4. The quantitative estimate of drug-likeness (QED) is 0.397. The lowest BCUT2D eigenvalue weighted by Crippen LogP contribution is -2.18. The molecular weight excluding hydrogens is 381 g/mol. The first-order valence-corrected chi connectivity index (χ1v) is 9.20. The number of hydrogen-bond donors (Lipinski definition) is 1. The van der Waals surface area contributed by atoms with E-state index in [1.165, 1.54) is 6.07 Å². The molecule has 6 heteroatoms. The largest absolute Gasteiger partial charge is 0.573 e. The number of benzene rings is 1. The van der Waals surface area contributed by atoms with Crippen molar-refractivity contribution in [3.05, 3.63) is 69.3 Å². The molecule has 0 aromatic heterocycles. The van der Waals surface area contributed by atoms with E-state index in [9.17, 15) is 18.0 Å². The molecule has 0 unspecified atom stereocenters. The third kappa shape index (κ3) is 7.29. The lowest BCUT2D eigenvalue weighted by atomic mass is 9.96. The molecule has 29 heavy (non-hydrogen) atoms. The Labute approximate surface area is 169 Å². The summed E-state index contributed by atoms with van der Waals surface area (Å²) >= 11 is 0. The predicted molar refractivity (Wildman–Crippen MR) is 110 cm³/mol. The molecule has 3 nitrogen and oxygen atoms in total. The molecule has 0 amide bonds. The Bertz CT molecular complexity index is 886. The Balaban J connectivity index is 3.09. The second-order valence-electron chi connectivity index (χ2n) is 6.83. The zero-order valence-corrected chi connectivity index (χ0v) is 17.6. The topological polar surface area (TPSA) is 46.5 Å². The van der Waals surface area contributed by atoms with E-state index in [2.05, 4.69) is 4.74 Å². The van der Waals surface area contributed by atoms with Gasteiger partial charge in [0.25, 0.3) is 0 Å². The van der Waals surface area contributed by atoms with Crippen LogP contribution in [0.15, 0.2) is 47.1 Å². The van der Waals surface area contributed by atoms with Crippen molar-refractivity contribution in [3.8, 4) is 5.75 Å². The predicted octanol–water partition coefficient (Wildman–Crippen LogP) is 6.84. The van der Waals surface area contributed by atoms with Crippen LogP contribution < -0.4 is 4.74 Å². The van der Waals surface area contributed by atoms with Crippen molar-refractivity contribution in [1.29, 1.82) is 0 Å². The van der Waals surface area contributed by atoms with Crippen LogP contribution in [0.4, 0.5) is 13.2 Å². The summed E-state index contributed by atoms with van der Waals surface area (Å²) in [5, 5.41) is 9.13. The average Bonchev–Trinajstić information content (AvgIpc) is 2.58. The van der Waals surface area contributed by atoms with Crippen molar-refractivity contribution >= 4 is 12.0 Å². The van der Waals surface area contributed by atoms with Crippen LogP contribution >= 0.6 is 0 Å². The molecule has 0 atom stereocenters. The van der Waals surface area contributed by atoms with Crippen LogP contribution in [0.2, 0.25) is 0 Å². The van der Waals surface area contributed by atoms with E-state index < -0.39 is 12.3 Å². The standard InChI is InChI=1S/C23H27F3O3/c1-7-19(22(27)28)15(3)10-8-9-14(2)11-12-20-16(4)13-21(18(6)17(20)5)29-23(24,25)26/h8-13H,7H2,1-6H3,(H,27,28). The lowest BCUT2D eigenvalue weighted by Gasteiger charge is -2.16. The Kier molecular flexibility index (Phi) is 8.49. The molecule has 1 N–H and O–H groups in total. The van der Waals surface area contributed by atoms with Gasteiger partial charge in [-0.05, 0) is 74.9 Å². The first-order valence-electron chi connectivity index (χ1n) is 9.20. The minimum Gasteiger partial charge on any atom is -0.478 e. The zero-order valence-electron chi connectivity index (χ0n) is 17.6. The van der Waals surface area contributed by atoms with Gasteiger partial charge in [0.05, 0.1) is 0 Å². The van der Waals surface area contributed by atoms with Gasteiger partial charge < -0.3 is 9.84 Å². The highest BCUT2D eigenvalue weighted by molar-refractivity contribution is 5.87. The smallest absolute Gasteiger partial charge is 0.478 e. The third-order valence-electron chi connectivity index (χ3n) is 4.64. The van der Waals surface area contributed by atoms with Crippen molar-refractivity contribution in [3.63, 3.8) is 0 Å². The number of alkyl halides is 3. The second-order valence-corrected chi connectivity index (χ2v) is 6.83. The molecular formula is C23H27F3O3. The summed E-state index contributed by atoms with van der Waals surface area (Å²) in [6.07, 6.45) is 4.80. The fourth-order valence-corrected chi connectivity index (χ4v) is 2.87.